The first-order chi connectivity index (χ1) is 23.3. The predicted molar refractivity (Wildman–Crippen MR) is 184 cm³/mol. The summed E-state index contributed by atoms with van der Waals surface area (Å²) in [6.45, 7) is 16.6. The van der Waals surface area contributed by atoms with E-state index in [-0.39, 0.29) is 51.7 Å². The van der Waals surface area contributed by atoms with Gasteiger partial charge in [0.25, 0.3) is 11.8 Å². The van der Waals surface area contributed by atoms with Gasteiger partial charge in [0.15, 0.2) is 5.82 Å². The van der Waals surface area contributed by atoms with Gasteiger partial charge in [-0.3, -0.25) is 4.79 Å². The molecular weight excluding hydrogens is 627 g/mol. The Balaban J connectivity index is 1.00. The molecule has 268 valence electrons. The van der Waals surface area contributed by atoms with Crippen molar-refractivity contribution in [3.63, 3.8) is 0 Å². The number of benzene rings is 1. The molecule has 2 aromatic rings. The summed E-state index contributed by atoms with van der Waals surface area (Å²) in [6.07, 6.45) is 7.97. The molecule has 0 atom stereocenters. The minimum Gasteiger partial charge on any atom is -0.434 e. The zero-order valence-corrected chi connectivity index (χ0v) is 30.0. The Morgan fingerprint density at radius 2 is 1.86 bits per heavy atom. The standard InChI is InChI=1S/C36H53FN8O4/c1-7-45(25(2)3)32(46)28-18-27(37)8-9-29(28)49-31-30(38-24-39-41-31)43-21-35(22-43)14-16-42(17-15-35)19-26-10-12-36(13-11-26)23-44(33(47)40-36)20-34(4,5)48-6/h8-9,18,24-26H,7,10-17,19-23H2,1-6H3,(H,40,47). The average Bonchev–Trinajstić information content (AvgIpc) is 3.35. The fourth-order valence-corrected chi connectivity index (χ4v) is 8.24. The first-order valence-electron chi connectivity index (χ1n) is 17.9. The van der Waals surface area contributed by atoms with E-state index >= 15 is 0 Å². The molecule has 49 heavy (non-hydrogen) atoms. The molecule has 1 aromatic heterocycles. The van der Waals surface area contributed by atoms with E-state index in [9.17, 15) is 14.0 Å². The Bertz CT molecular complexity index is 1500. The number of rotatable bonds is 11. The van der Waals surface area contributed by atoms with Gasteiger partial charge in [-0.25, -0.2) is 14.2 Å². The first kappa shape index (κ1) is 35.3. The Hall–Kier alpha value is -3.58. The second-order valence-electron chi connectivity index (χ2n) is 15.6. The van der Waals surface area contributed by atoms with Gasteiger partial charge < -0.3 is 34.4 Å². The van der Waals surface area contributed by atoms with Crippen LogP contribution in [0, 0.1) is 17.2 Å². The highest BCUT2D eigenvalue weighted by Gasteiger charge is 2.48. The number of piperidine rings is 1. The van der Waals surface area contributed by atoms with Gasteiger partial charge in [-0.05, 0) is 110 Å². The number of hydrogen-bond acceptors (Lipinski definition) is 9. The maximum Gasteiger partial charge on any atom is 0.318 e. The number of aromatic nitrogens is 3. The number of amides is 3. The number of nitrogens with one attached hydrogen (secondary N) is 1. The van der Waals surface area contributed by atoms with Gasteiger partial charge in [-0.15, -0.1) is 10.2 Å². The third-order valence-electron chi connectivity index (χ3n) is 11.3. The number of carbonyl (C=O) groups excluding carboxylic acids is 2. The van der Waals surface area contributed by atoms with E-state index in [0.717, 1.165) is 77.8 Å². The van der Waals surface area contributed by atoms with E-state index in [1.165, 1.54) is 24.5 Å². The molecule has 1 aromatic carbocycles. The number of likely N-dealkylation sites (tertiary alicyclic amines) is 1. The van der Waals surface area contributed by atoms with Crippen molar-refractivity contribution in [3.8, 4) is 11.6 Å². The van der Waals surface area contributed by atoms with E-state index in [4.69, 9.17) is 9.47 Å². The van der Waals surface area contributed by atoms with Crippen LogP contribution in [-0.2, 0) is 4.74 Å². The van der Waals surface area contributed by atoms with Gasteiger partial charge in [0.2, 0.25) is 0 Å². The Morgan fingerprint density at radius 3 is 2.51 bits per heavy atom. The van der Waals surface area contributed by atoms with Crippen molar-refractivity contribution in [3.05, 3.63) is 35.9 Å². The lowest BCUT2D eigenvalue weighted by atomic mass is 9.71. The minimum absolute atomic E-state index is 0.0381. The fraction of sp³-hybridized carbons (Fsp3) is 0.694. The number of ether oxygens (including phenoxy) is 2. The van der Waals surface area contributed by atoms with Crippen LogP contribution in [0.15, 0.2) is 24.5 Å². The smallest absolute Gasteiger partial charge is 0.318 e. The van der Waals surface area contributed by atoms with Gasteiger partial charge in [-0.1, -0.05) is 0 Å². The van der Waals surface area contributed by atoms with Gasteiger partial charge in [-0.2, -0.15) is 0 Å². The molecule has 2 spiro atoms. The van der Waals surface area contributed by atoms with Crippen molar-refractivity contribution in [1.82, 2.24) is 35.2 Å². The molecule has 1 N–H and O–H groups in total. The van der Waals surface area contributed by atoms with Crippen LogP contribution in [0.1, 0.15) is 83.5 Å². The number of hydrogen-bond donors (Lipinski definition) is 1. The summed E-state index contributed by atoms with van der Waals surface area (Å²) in [5.74, 6) is 0.871. The summed E-state index contributed by atoms with van der Waals surface area (Å²) >= 11 is 0. The average molecular weight is 681 g/mol. The van der Waals surface area contributed by atoms with Gasteiger partial charge in [0.1, 0.15) is 17.9 Å². The van der Waals surface area contributed by atoms with Gasteiger partial charge in [0.05, 0.1) is 23.2 Å². The summed E-state index contributed by atoms with van der Waals surface area (Å²) in [4.78, 5) is 39.0. The van der Waals surface area contributed by atoms with Gasteiger partial charge in [0, 0.05) is 51.3 Å². The van der Waals surface area contributed by atoms with Gasteiger partial charge >= 0.3 is 6.03 Å². The zero-order valence-electron chi connectivity index (χ0n) is 30.0. The van der Waals surface area contributed by atoms with Crippen molar-refractivity contribution in [2.75, 3.05) is 64.4 Å². The lowest BCUT2D eigenvalue weighted by molar-refractivity contribution is 0.00199. The molecule has 0 bridgehead atoms. The molecule has 3 saturated heterocycles. The number of methoxy groups -OCH3 is 1. The van der Waals surface area contributed by atoms with Crippen LogP contribution in [-0.4, -0.2) is 118 Å². The van der Waals surface area contributed by atoms with E-state index in [1.54, 1.807) is 12.0 Å². The highest BCUT2D eigenvalue weighted by Crippen LogP contribution is 2.45. The van der Waals surface area contributed by atoms with Crippen molar-refractivity contribution < 1.29 is 23.5 Å². The van der Waals surface area contributed by atoms with Crippen LogP contribution in [0.25, 0.3) is 0 Å². The second-order valence-corrected chi connectivity index (χ2v) is 15.6. The zero-order chi connectivity index (χ0) is 35.0. The number of anilines is 1. The molecule has 3 aliphatic heterocycles. The van der Waals surface area contributed by atoms with E-state index in [2.05, 4.69) is 30.3 Å². The van der Waals surface area contributed by atoms with Crippen LogP contribution >= 0.6 is 0 Å². The molecule has 1 saturated carbocycles. The van der Waals surface area contributed by atoms with Crippen LogP contribution in [0.5, 0.6) is 11.6 Å². The van der Waals surface area contributed by atoms with E-state index in [1.807, 2.05) is 39.5 Å². The topological polar surface area (TPSA) is 116 Å². The monoisotopic (exact) mass is 680 g/mol. The van der Waals surface area contributed by atoms with Crippen molar-refractivity contribution in [2.45, 2.75) is 90.3 Å². The molecule has 0 unspecified atom stereocenters. The molecular formula is C36H53FN8O4. The molecule has 4 aliphatic rings. The summed E-state index contributed by atoms with van der Waals surface area (Å²) in [7, 11) is 1.70. The SMILES string of the molecule is CCN(C(=O)c1cc(F)ccc1Oc1nncnc1N1CC2(CCN(CC3CCC4(CC3)CN(CC(C)(C)OC)C(=O)N4)CC2)C1)C(C)C. The highest BCUT2D eigenvalue weighted by atomic mass is 19.1. The summed E-state index contributed by atoms with van der Waals surface area (Å²) in [5.41, 5.74) is -0.0906. The first-order valence-corrected chi connectivity index (χ1v) is 17.9. The maximum absolute atomic E-state index is 14.3. The maximum atomic E-state index is 14.3. The Kier molecular flexibility index (Phi) is 10.1. The molecule has 1 aliphatic carbocycles. The lowest BCUT2D eigenvalue weighted by Crippen LogP contribution is -2.61. The van der Waals surface area contributed by atoms with Crippen LogP contribution in [0.3, 0.4) is 0 Å². The summed E-state index contributed by atoms with van der Waals surface area (Å²) < 4.78 is 26.0. The normalized spacial score (nSPS) is 24.0. The fourth-order valence-electron chi connectivity index (χ4n) is 8.24. The molecule has 0 radical (unpaired) electrons. The Morgan fingerprint density at radius 1 is 1.14 bits per heavy atom. The summed E-state index contributed by atoms with van der Waals surface area (Å²) in [5, 5.41) is 11.5. The number of halogens is 1. The predicted octanol–water partition coefficient (Wildman–Crippen LogP) is 4.95. The van der Waals surface area contributed by atoms with Crippen molar-refractivity contribution >= 4 is 17.8 Å². The third kappa shape index (κ3) is 7.62. The lowest BCUT2D eigenvalue weighted by Gasteiger charge is -2.54. The molecule has 4 fully saturated rings. The minimum atomic E-state index is -0.506. The molecule has 13 heteroatoms. The number of nitrogens with zero attached hydrogens (tertiary/aromatic N) is 7. The number of urea groups is 1. The van der Waals surface area contributed by atoms with Crippen LogP contribution in [0.4, 0.5) is 15.0 Å². The second kappa shape index (κ2) is 14.0. The van der Waals surface area contributed by atoms with Crippen molar-refractivity contribution in [2.24, 2.45) is 11.3 Å². The molecule has 12 nitrogen and oxygen atoms in total. The van der Waals surface area contributed by atoms with E-state index < -0.39 is 5.82 Å². The largest absolute Gasteiger partial charge is 0.434 e. The number of carbonyl (C=O) groups is 2. The van der Waals surface area contributed by atoms with Crippen LogP contribution in [0.2, 0.25) is 0 Å². The summed E-state index contributed by atoms with van der Waals surface area (Å²) in [6, 6.07) is 3.96. The van der Waals surface area contributed by atoms with E-state index in [0.29, 0.717) is 24.8 Å². The quantitative estimate of drug-likeness (QED) is 0.352. The highest BCUT2D eigenvalue weighted by molar-refractivity contribution is 5.97. The van der Waals surface area contributed by atoms with Crippen molar-refractivity contribution in [1.29, 1.82) is 0 Å². The molecule has 6 rings (SSSR count). The third-order valence-corrected chi connectivity index (χ3v) is 11.3. The Labute approximate surface area is 289 Å². The molecule has 4 heterocycles. The molecule has 3 amide bonds. The van der Waals surface area contributed by atoms with Crippen LogP contribution < -0.4 is 15.0 Å².